The highest BCUT2D eigenvalue weighted by molar-refractivity contribution is 4.27. The van der Waals surface area contributed by atoms with E-state index in [0.29, 0.717) is 0 Å². The van der Waals surface area contributed by atoms with Crippen LogP contribution in [0.3, 0.4) is 0 Å². The normalized spacial score (nSPS) is 8.00. The molecular weight excluding hydrogens is 114 g/mol. The fraction of sp³-hybridized carbons (Fsp3) is 1.00. The van der Waals surface area contributed by atoms with Crippen LogP contribution in [0, 0.1) is 0 Å². The second kappa shape index (κ2) is 15.7. The van der Waals surface area contributed by atoms with Crippen LogP contribution in [0.15, 0.2) is 0 Å². The molecule has 0 saturated carbocycles. The van der Waals surface area contributed by atoms with Gasteiger partial charge in [0.1, 0.15) is 0 Å². The Hall–Kier alpha value is -0.0800. The Morgan fingerprint density at radius 2 is 1.44 bits per heavy atom. The molecule has 0 aliphatic heterocycles. The van der Waals surface area contributed by atoms with Crippen molar-refractivity contribution in [3.05, 3.63) is 0 Å². The summed E-state index contributed by atoms with van der Waals surface area (Å²) >= 11 is 0. The lowest BCUT2D eigenvalue weighted by Crippen LogP contribution is -2.09. The maximum Gasteiger partial charge on any atom is 0.0433 e. The van der Waals surface area contributed by atoms with Crippen molar-refractivity contribution >= 4 is 0 Å². The summed E-state index contributed by atoms with van der Waals surface area (Å²) in [5.74, 6) is 0. The predicted octanol–water partition coefficient (Wildman–Crippen LogP) is 1.27. The van der Waals surface area contributed by atoms with Crippen LogP contribution >= 0.6 is 0 Å². The summed E-state index contributed by atoms with van der Waals surface area (Å²) in [7, 11) is 1.68. The van der Waals surface area contributed by atoms with Crippen molar-refractivity contribution in [1.82, 2.24) is 5.32 Å². The average Bonchev–Trinajstić information content (AvgIpc) is 1.91. The van der Waals surface area contributed by atoms with Crippen LogP contribution in [0.1, 0.15) is 20.8 Å². The molecule has 0 rings (SSSR count). The van der Waals surface area contributed by atoms with E-state index in [1.165, 1.54) is 0 Å². The first-order chi connectivity index (χ1) is 4.33. The number of hydrogen-bond acceptors (Lipinski definition) is 2. The van der Waals surface area contributed by atoms with Gasteiger partial charge in [-0.05, 0) is 20.0 Å². The van der Waals surface area contributed by atoms with Crippen molar-refractivity contribution in [2.24, 2.45) is 0 Å². The third-order valence-corrected chi connectivity index (χ3v) is 0.789. The molecule has 0 amide bonds. The molecule has 1 N–H and O–H groups in total. The van der Waals surface area contributed by atoms with Crippen LogP contribution in [-0.4, -0.2) is 26.8 Å². The molecule has 0 aromatic heterocycles. The highest BCUT2D eigenvalue weighted by atomic mass is 16.5. The van der Waals surface area contributed by atoms with Gasteiger partial charge in [0.2, 0.25) is 0 Å². The number of nitrogens with one attached hydrogen (secondary N) is 1. The zero-order valence-corrected chi connectivity index (χ0v) is 7.03. The topological polar surface area (TPSA) is 21.3 Å². The van der Waals surface area contributed by atoms with Crippen molar-refractivity contribution in [3.63, 3.8) is 0 Å². The largest absolute Gasteiger partial charge is 0.385 e. The summed E-state index contributed by atoms with van der Waals surface area (Å²) in [5, 5.41) is 3.11. The number of ether oxygens (including phenoxy) is 1. The SMILES string of the molecule is CCNCC.CCOC. The van der Waals surface area contributed by atoms with Crippen LogP contribution in [0.4, 0.5) is 0 Å². The van der Waals surface area contributed by atoms with E-state index < -0.39 is 0 Å². The zero-order valence-electron chi connectivity index (χ0n) is 7.03. The lowest BCUT2D eigenvalue weighted by Gasteiger charge is -1.86. The lowest BCUT2D eigenvalue weighted by molar-refractivity contribution is 0.215. The standard InChI is InChI=1S/C4H11N.C3H8O/c1-3-5-4-2;1-3-4-2/h5H,3-4H2,1-2H3;3H2,1-2H3. The summed E-state index contributed by atoms with van der Waals surface area (Å²) in [6.07, 6.45) is 0. The van der Waals surface area contributed by atoms with Gasteiger partial charge in [0.15, 0.2) is 0 Å². The molecule has 0 aromatic rings. The molecule has 0 bridgehead atoms. The molecule has 0 aliphatic carbocycles. The Morgan fingerprint density at radius 1 is 1.11 bits per heavy atom. The van der Waals surface area contributed by atoms with Crippen molar-refractivity contribution in [2.75, 3.05) is 26.8 Å². The van der Waals surface area contributed by atoms with Crippen molar-refractivity contribution in [1.29, 1.82) is 0 Å². The summed E-state index contributed by atoms with van der Waals surface area (Å²) < 4.78 is 4.54. The number of rotatable bonds is 3. The van der Waals surface area contributed by atoms with E-state index in [2.05, 4.69) is 23.9 Å². The van der Waals surface area contributed by atoms with Gasteiger partial charge < -0.3 is 10.1 Å². The maximum absolute atomic E-state index is 4.54. The molecule has 58 valence electrons. The van der Waals surface area contributed by atoms with Crippen LogP contribution in [0.25, 0.3) is 0 Å². The second-order valence-corrected chi connectivity index (χ2v) is 1.53. The molecule has 0 fully saturated rings. The monoisotopic (exact) mass is 133 g/mol. The molecule has 2 nitrogen and oxygen atoms in total. The van der Waals surface area contributed by atoms with E-state index in [4.69, 9.17) is 0 Å². The quantitative estimate of drug-likeness (QED) is 0.626. The van der Waals surface area contributed by atoms with Gasteiger partial charge in [-0.15, -0.1) is 0 Å². The van der Waals surface area contributed by atoms with Crippen molar-refractivity contribution < 1.29 is 4.74 Å². The molecule has 0 heterocycles. The van der Waals surface area contributed by atoms with E-state index in [1.54, 1.807) is 7.11 Å². The van der Waals surface area contributed by atoms with Gasteiger partial charge in [-0.3, -0.25) is 0 Å². The Kier molecular flexibility index (Phi) is 20.3. The third kappa shape index (κ3) is 32.6. The molecule has 0 spiro atoms. The molecule has 0 aliphatic rings. The highest BCUT2D eigenvalue weighted by Crippen LogP contribution is 1.52. The first-order valence-corrected chi connectivity index (χ1v) is 3.53. The molecule has 2 heteroatoms. The average molecular weight is 133 g/mol. The highest BCUT2D eigenvalue weighted by Gasteiger charge is 1.62. The summed E-state index contributed by atoms with van der Waals surface area (Å²) in [5.41, 5.74) is 0. The summed E-state index contributed by atoms with van der Waals surface area (Å²) in [4.78, 5) is 0. The minimum atomic E-state index is 0.819. The first-order valence-electron chi connectivity index (χ1n) is 3.53. The van der Waals surface area contributed by atoms with Crippen LogP contribution in [0.2, 0.25) is 0 Å². The Balaban J connectivity index is 0. The van der Waals surface area contributed by atoms with E-state index in [1.807, 2.05) is 6.92 Å². The third-order valence-electron chi connectivity index (χ3n) is 0.789. The van der Waals surface area contributed by atoms with Gasteiger partial charge in [0.05, 0.1) is 0 Å². The molecule has 9 heavy (non-hydrogen) atoms. The lowest BCUT2D eigenvalue weighted by atomic mass is 10.7. The first kappa shape index (κ1) is 11.7. The minimum absolute atomic E-state index is 0.819. The van der Waals surface area contributed by atoms with E-state index in [9.17, 15) is 0 Å². The summed E-state index contributed by atoms with van der Waals surface area (Å²) in [6, 6.07) is 0. The Labute approximate surface area is 58.6 Å². The van der Waals surface area contributed by atoms with E-state index in [-0.39, 0.29) is 0 Å². The molecule has 0 aromatic carbocycles. The number of methoxy groups -OCH3 is 1. The molecule has 0 radical (unpaired) electrons. The van der Waals surface area contributed by atoms with Gasteiger partial charge in [-0.25, -0.2) is 0 Å². The predicted molar refractivity (Wildman–Crippen MR) is 41.8 cm³/mol. The Bertz CT molecular complexity index is 28.1. The van der Waals surface area contributed by atoms with Crippen LogP contribution in [-0.2, 0) is 4.74 Å². The van der Waals surface area contributed by atoms with Gasteiger partial charge in [0, 0.05) is 13.7 Å². The van der Waals surface area contributed by atoms with Crippen LogP contribution < -0.4 is 5.32 Å². The van der Waals surface area contributed by atoms with Gasteiger partial charge in [0.25, 0.3) is 0 Å². The number of hydrogen-bond donors (Lipinski definition) is 1. The molecule has 0 atom stereocenters. The summed E-state index contributed by atoms with van der Waals surface area (Å²) in [6.45, 7) is 9.17. The van der Waals surface area contributed by atoms with Crippen molar-refractivity contribution in [2.45, 2.75) is 20.8 Å². The fourth-order valence-electron chi connectivity index (χ4n) is 0.250. The van der Waals surface area contributed by atoms with Crippen LogP contribution in [0.5, 0.6) is 0 Å². The van der Waals surface area contributed by atoms with Gasteiger partial charge in [-0.2, -0.15) is 0 Å². The fourth-order valence-corrected chi connectivity index (χ4v) is 0.250. The molecule has 0 saturated heterocycles. The second-order valence-electron chi connectivity index (χ2n) is 1.53. The van der Waals surface area contributed by atoms with Gasteiger partial charge >= 0.3 is 0 Å². The molecule has 0 unspecified atom stereocenters. The van der Waals surface area contributed by atoms with E-state index in [0.717, 1.165) is 19.7 Å². The minimum Gasteiger partial charge on any atom is -0.385 e. The smallest absolute Gasteiger partial charge is 0.0433 e. The molecular formula is C7H19NO. The Morgan fingerprint density at radius 3 is 1.44 bits per heavy atom. The van der Waals surface area contributed by atoms with Gasteiger partial charge in [-0.1, -0.05) is 13.8 Å². The maximum atomic E-state index is 4.54. The zero-order chi connectivity index (χ0) is 7.54. The van der Waals surface area contributed by atoms with E-state index >= 15 is 0 Å². The van der Waals surface area contributed by atoms with Crippen molar-refractivity contribution in [3.8, 4) is 0 Å².